The highest BCUT2D eigenvalue weighted by Gasteiger charge is 2.22. The van der Waals surface area contributed by atoms with Gasteiger partial charge in [0, 0.05) is 30.4 Å². The van der Waals surface area contributed by atoms with Crippen LogP contribution in [0.2, 0.25) is 0 Å². The van der Waals surface area contributed by atoms with E-state index in [1.807, 2.05) is 24.3 Å². The fourth-order valence-corrected chi connectivity index (χ4v) is 3.03. The summed E-state index contributed by atoms with van der Waals surface area (Å²) in [4.78, 5) is 24.2. The maximum Gasteiger partial charge on any atom is 0.272 e. The van der Waals surface area contributed by atoms with E-state index in [0.717, 1.165) is 30.3 Å². The summed E-state index contributed by atoms with van der Waals surface area (Å²) in [6.45, 7) is 3.37. The van der Waals surface area contributed by atoms with E-state index in [-0.39, 0.29) is 42.7 Å². The van der Waals surface area contributed by atoms with Gasteiger partial charge < -0.3 is 16.0 Å². The molecule has 25 heavy (non-hydrogen) atoms. The average Bonchev–Trinajstić information content (AvgIpc) is 3.01. The van der Waals surface area contributed by atoms with E-state index in [0.29, 0.717) is 12.2 Å². The van der Waals surface area contributed by atoms with Crippen molar-refractivity contribution in [3.63, 3.8) is 0 Å². The highest BCUT2D eigenvalue weighted by atomic mass is 35.5. The minimum absolute atomic E-state index is 0. The highest BCUT2D eigenvalue weighted by molar-refractivity contribution is 6.04. The number of fused-ring (bicyclic) bond motifs is 1. The van der Waals surface area contributed by atoms with Gasteiger partial charge in [0.05, 0.1) is 5.52 Å². The van der Waals surface area contributed by atoms with Crippen LogP contribution in [0.15, 0.2) is 24.3 Å². The van der Waals surface area contributed by atoms with Crippen LogP contribution in [0.5, 0.6) is 0 Å². The largest absolute Gasteiger partial charge is 0.352 e. The minimum atomic E-state index is -0.270. The smallest absolute Gasteiger partial charge is 0.272 e. The average molecular weight is 366 g/mol. The van der Waals surface area contributed by atoms with Crippen LogP contribution >= 0.6 is 12.4 Å². The third kappa shape index (κ3) is 4.70. The molecule has 0 spiro atoms. The molecule has 1 aliphatic heterocycles. The Morgan fingerprint density at radius 2 is 2.12 bits per heavy atom. The maximum absolute atomic E-state index is 12.2. The molecule has 7 nitrogen and oxygen atoms in total. The number of amides is 2. The van der Waals surface area contributed by atoms with E-state index in [9.17, 15) is 9.59 Å². The number of benzene rings is 1. The Kier molecular flexibility index (Phi) is 6.78. The van der Waals surface area contributed by atoms with Crippen molar-refractivity contribution in [3.8, 4) is 0 Å². The molecule has 0 bridgehead atoms. The number of para-hydroxylation sites is 1. The predicted octanol–water partition coefficient (Wildman–Crippen LogP) is 1.36. The van der Waals surface area contributed by atoms with E-state index in [4.69, 9.17) is 0 Å². The van der Waals surface area contributed by atoms with Crippen molar-refractivity contribution in [2.45, 2.75) is 38.3 Å². The summed E-state index contributed by atoms with van der Waals surface area (Å²) in [5.74, 6) is -0.310. The molecule has 2 heterocycles. The molecule has 0 saturated carbocycles. The van der Waals surface area contributed by atoms with Gasteiger partial charge in [-0.2, -0.15) is 5.10 Å². The molecule has 0 aliphatic carbocycles. The normalized spacial score (nSPS) is 19.9. The molecule has 1 aliphatic rings. The number of nitrogens with zero attached hydrogens (tertiary/aromatic N) is 1. The number of hydrogen-bond acceptors (Lipinski definition) is 4. The summed E-state index contributed by atoms with van der Waals surface area (Å²) in [6.07, 6.45) is 2.32. The second-order valence-corrected chi connectivity index (χ2v) is 6.18. The first-order valence-corrected chi connectivity index (χ1v) is 8.39. The monoisotopic (exact) mass is 365 g/mol. The van der Waals surface area contributed by atoms with Gasteiger partial charge in [-0.15, -0.1) is 12.4 Å². The zero-order valence-electron chi connectivity index (χ0n) is 14.2. The Balaban J connectivity index is 0.00000225. The van der Waals surface area contributed by atoms with Crippen LogP contribution in [0.25, 0.3) is 10.9 Å². The number of carbonyl (C=O) groups excluding carboxylic acids is 2. The Morgan fingerprint density at radius 1 is 1.32 bits per heavy atom. The molecular weight excluding hydrogens is 342 g/mol. The van der Waals surface area contributed by atoms with Gasteiger partial charge in [0.25, 0.3) is 5.91 Å². The molecule has 1 saturated heterocycles. The maximum atomic E-state index is 12.2. The molecule has 2 amide bonds. The van der Waals surface area contributed by atoms with Gasteiger partial charge in [-0.3, -0.25) is 14.7 Å². The number of nitrogens with one attached hydrogen (secondary N) is 4. The Morgan fingerprint density at radius 3 is 2.92 bits per heavy atom. The lowest BCUT2D eigenvalue weighted by Gasteiger charge is -2.30. The lowest BCUT2D eigenvalue weighted by Crippen LogP contribution is -2.52. The molecule has 2 aromatic rings. The predicted molar refractivity (Wildman–Crippen MR) is 98.9 cm³/mol. The third-order valence-electron chi connectivity index (χ3n) is 4.43. The molecule has 0 radical (unpaired) electrons. The molecule has 136 valence electrons. The fourth-order valence-electron chi connectivity index (χ4n) is 3.03. The van der Waals surface area contributed by atoms with Crippen molar-refractivity contribution >= 4 is 35.1 Å². The molecule has 8 heteroatoms. The summed E-state index contributed by atoms with van der Waals surface area (Å²) in [5.41, 5.74) is 1.18. The van der Waals surface area contributed by atoms with Crippen molar-refractivity contribution in [2.75, 3.05) is 13.1 Å². The lowest BCUT2D eigenvalue weighted by atomic mass is 10.00. The number of H-pyrrole nitrogens is 1. The van der Waals surface area contributed by atoms with E-state index in [2.05, 4.69) is 33.1 Å². The van der Waals surface area contributed by atoms with Crippen LogP contribution in [0, 0.1) is 0 Å². The highest BCUT2D eigenvalue weighted by Crippen LogP contribution is 2.14. The molecule has 3 rings (SSSR count). The number of hydrogen-bond donors (Lipinski definition) is 4. The van der Waals surface area contributed by atoms with Crippen molar-refractivity contribution in [1.82, 2.24) is 26.1 Å². The summed E-state index contributed by atoms with van der Waals surface area (Å²) < 4.78 is 0. The van der Waals surface area contributed by atoms with Crippen LogP contribution < -0.4 is 16.0 Å². The molecule has 1 aromatic carbocycles. The summed E-state index contributed by atoms with van der Waals surface area (Å²) >= 11 is 0. The van der Waals surface area contributed by atoms with Gasteiger partial charge in [-0.05, 0) is 32.4 Å². The summed E-state index contributed by atoms with van der Waals surface area (Å²) in [7, 11) is 0. The van der Waals surface area contributed by atoms with Crippen LogP contribution in [-0.2, 0) is 4.79 Å². The molecule has 2 unspecified atom stereocenters. The standard InChI is InChI=1S/C17H23N5O2.ClH/c1-11-13(7-4-9-18-11)20-15(23)8-10-19-17(24)16-12-5-2-3-6-14(12)21-22-16;/h2-3,5-6,11,13,18H,4,7-10H2,1H3,(H,19,24)(H,20,23)(H,21,22);1H. The number of aromatic nitrogens is 2. The number of rotatable bonds is 5. The third-order valence-corrected chi connectivity index (χ3v) is 4.43. The van der Waals surface area contributed by atoms with Gasteiger partial charge in [0.1, 0.15) is 0 Å². The second-order valence-electron chi connectivity index (χ2n) is 6.18. The van der Waals surface area contributed by atoms with Gasteiger partial charge >= 0.3 is 0 Å². The first-order chi connectivity index (χ1) is 11.6. The number of piperidine rings is 1. The van der Waals surface area contributed by atoms with Gasteiger partial charge in [-0.25, -0.2) is 0 Å². The number of halogens is 1. The number of aromatic amines is 1. The Bertz CT molecular complexity index is 733. The first kappa shape index (κ1) is 19.2. The van der Waals surface area contributed by atoms with Crippen LogP contribution in [0.4, 0.5) is 0 Å². The van der Waals surface area contributed by atoms with Crippen molar-refractivity contribution in [1.29, 1.82) is 0 Å². The van der Waals surface area contributed by atoms with Crippen LogP contribution in [0.3, 0.4) is 0 Å². The van der Waals surface area contributed by atoms with Gasteiger partial charge in [0.2, 0.25) is 5.91 Å². The topological polar surface area (TPSA) is 98.9 Å². The SMILES string of the molecule is CC1NCCCC1NC(=O)CCNC(=O)c1n[nH]c2ccccc12.Cl. The Labute approximate surface area is 152 Å². The molecule has 1 fully saturated rings. The van der Waals surface area contributed by atoms with E-state index in [1.165, 1.54) is 0 Å². The van der Waals surface area contributed by atoms with Gasteiger partial charge in [-0.1, -0.05) is 18.2 Å². The summed E-state index contributed by atoms with van der Waals surface area (Å²) in [6, 6.07) is 7.91. The molecule has 1 aromatic heterocycles. The zero-order chi connectivity index (χ0) is 16.9. The summed E-state index contributed by atoms with van der Waals surface area (Å²) in [5, 5.41) is 16.8. The van der Waals surface area contributed by atoms with Crippen molar-refractivity contribution < 1.29 is 9.59 Å². The van der Waals surface area contributed by atoms with Gasteiger partial charge in [0.15, 0.2) is 5.69 Å². The fraction of sp³-hybridized carbons (Fsp3) is 0.471. The van der Waals surface area contributed by atoms with E-state index in [1.54, 1.807) is 0 Å². The molecule has 2 atom stereocenters. The van der Waals surface area contributed by atoms with Crippen molar-refractivity contribution in [2.24, 2.45) is 0 Å². The van der Waals surface area contributed by atoms with Crippen LogP contribution in [-0.4, -0.2) is 47.2 Å². The minimum Gasteiger partial charge on any atom is -0.352 e. The number of carbonyl (C=O) groups is 2. The Hall–Kier alpha value is -2.12. The van der Waals surface area contributed by atoms with Crippen molar-refractivity contribution in [3.05, 3.63) is 30.0 Å². The second kappa shape index (κ2) is 8.82. The zero-order valence-corrected chi connectivity index (χ0v) is 15.0. The quantitative estimate of drug-likeness (QED) is 0.643. The lowest BCUT2D eigenvalue weighted by molar-refractivity contribution is -0.122. The van der Waals surface area contributed by atoms with E-state index < -0.39 is 0 Å². The van der Waals surface area contributed by atoms with Crippen LogP contribution in [0.1, 0.15) is 36.7 Å². The first-order valence-electron chi connectivity index (χ1n) is 8.39. The molecule has 4 N–H and O–H groups in total. The molecular formula is C17H24ClN5O2. The van der Waals surface area contributed by atoms with E-state index >= 15 is 0 Å².